The number of hydrogen-bond donors (Lipinski definition) is 1. The summed E-state index contributed by atoms with van der Waals surface area (Å²) in [5, 5.41) is 3.24. The third kappa shape index (κ3) is 6.08. The van der Waals surface area contributed by atoms with Crippen molar-refractivity contribution in [2.75, 3.05) is 39.5 Å². The zero-order valence-electron chi connectivity index (χ0n) is 16.6. The first-order valence-corrected chi connectivity index (χ1v) is 10.1. The van der Waals surface area contributed by atoms with Gasteiger partial charge in [-0.25, -0.2) is 0 Å². The Kier molecular flexibility index (Phi) is 7.88. The quantitative estimate of drug-likeness (QED) is 0.724. The minimum absolute atomic E-state index is 0.0195. The van der Waals surface area contributed by atoms with Gasteiger partial charge in [0.15, 0.2) is 0 Å². The summed E-state index contributed by atoms with van der Waals surface area (Å²) in [5.41, 5.74) is 2.21. The van der Waals surface area contributed by atoms with Crippen LogP contribution in [-0.2, 0) is 16.0 Å². The van der Waals surface area contributed by atoms with Crippen molar-refractivity contribution in [1.82, 2.24) is 10.2 Å². The smallest absolute Gasteiger partial charge is 0.220 e. The van der Waals surface area contributed by atoms with Crippen LogP contribution < -0.4 is 10.1 Å². The van der Waals surface area contributed by atoms with Gasteiger partial charge in [-0.1, -0.05) is 48.5 Å². The summed E-state index contributed by atoms with van der Waals surface area (Å²) in [5.74, 6) is 0.930. The number of benzene rings is 2. The van der Waals surface area contributed by atoms with E-state index >= 15 is 0 Å². The van der Waals surface area contributed by atoms with Gasteiger partial charge in [0, 0.05) is 26.1 Å². The Hall–Kier alpha value is -2.37. The van der Waals surface area contributed by atoms with Crippen LogP contribution in [-0.4, -0.2) is 50.3 Å². The number of aryl methyl sites for hydroxylation is 1. The normalized spacial score (nSPS) is 15.8. The van der Waals surface area contributed by atoms with Gasteiger partial charge in [0.25, 0.3) is 0 Å². The monoisotopic (exact) mass is 382 g/mol. The molecule has 0 aromatic heterocycles. The predicted molar refractivity (Wildman–Crippen MR) is 111 cm³/mol. The van der Waals surface area contributed by atoms with Gasteiger partial charge in [-0.05, 0) is 30.5 Å². The highest BCUT2D eigenvalue weighted by molar-refractivity contribution is 5.76. The maximum atomic E-state index is 12.7. The molecule has 1 amide bonds. The second-order valence-electron chi connectivity index (χ2n) is 6.98. The lowest BCUT2D eigenvalue weighted by molar-refractivity contribution is -0.122. The molecule has 0 aliphatic carbocycles. The molecule has 5 heteroatoms. The Balaban J connectivity index is 1.61. The zero-order chi connectivity index (χ0) is 19.6. The summed E-state index contributed by atoms with van der Waals surface area (Å²) in [6, 6.07) is 18.1. The standard InChI is InChI=1S/C23H30N2O3/c1-2-28-22-11-7-6-10-20(22)12-13-23(26)24-21(19-8-4-3-5-9-19)18-25-14-16-27-17-15-25/h3-11,21H,2,12-18H2,1H3,(H,24,26). The molecule has 1 aliphatic rings. The van der Waals surface area contributed by atoms with Gasteiger partial charge in [0.2, 0.25) is 5.91 Å². The van der Waals surface area contributed by atoms with E-state index < -0.39 is 0 Å². The highest BCUT2D eigenvalue weighted by atomic mass is 16.5. The zero-order valence-corrected chi connectivity index (χ0v) is 16.6. The summed E-state index contributed by atoms with van der Waals surface area (Å²) < 4.78 is 11.1. The molecule has 1 N–H and O–H groups in total. The third-order valence-electron chi connectivity index (χ3n) is 4.98. The lowest BCUT2D eigenvalue weighted by Crippen LogP contribution is -2.43. The van der Waals surface area contributed by atoms with Crippen molar-refractivity contribution in [3.05, 3.63) is 65.7 Å². The van der Waals surface area contributed by atoms with Crippen molar-refractivity contribution >= 4 is 5.91 Å². The van der Waals surface area contributed by atoms with E-state index in [9.17, 15) is 4.79 Å². The van der Waals surface area contributed by atoms with Crippen LogP contribution in [0.1, 0.15) is 30.5 Å². The molecular formula is C23H30N2O3. The Morgan fingerprint density at radius 3 is 2.57 bits per heavy atom. The van der Waals surface area contributed by atoms with Gasteiger partial charge in [0.05, 0.1) is 25.9 Å². The summed E-state index contributed by atoms with van der Waals surface area (Å²) in [4.78, 5) is 15.1. The Morgan fingerprint density at radius 2 is 1.82 bits per heavy atom. The van der Waals surface area contributed by atoms with E-state index in [-0.39, 0.29) is 11.9 Å². The number of nitrogens with one attached hydrogen (secondary N) is 1. The Bertz CT molecular complexity index is 730. The first kappa shape index (κ1) is 20.4. The fourth-order valence-corrected chi connectivity index (χ4v) is 3.48. The summed E-state index contributed by atoms with van der Waals surface area (Å²) in [7, 11) is 0. The molecule has 0 radical (unpaired) electrons. The molecule has 3 rings (SSSR count). The number of hydrogen-bond acceptors (Lipinski definition) is 4. The van der Waals surface area contributed by atoms with E-state index in [1.54, 1.807) is 0 Å². The largest absolute Gasteiger partial charge is 0.494 e. The summed E-state index contributed by atoms with van der Waals surface area (Å²) >= 11 is 0. The van der Waals surface area contributed by atoms with E-state index in [0.717, 1.165) is 49.7 Å². The van der Waals surface area contributed by atoms with Crippen LogP contribution in [0.5, 0.6) is 5.75 Å². The summed E-state index contributed by atoms with van der Waals surface area (Å²) in [6.45, 7) is 6.71. The van der Waals surface area contributed by atoms with Gasteiger partial charge < -0.3 is 14.8 Å². The second-order valence-corrected chi connectivity index (χ2v) is 6.98. The van der Waals surface area contributed by atoms with Crippen LogP contribution in [0, 0.1) is 0 Å². The number of amides is 1. The van der Waals surface area contributed by atoms with Crippen LogP contribution in [0.15, 0.2) is 54.6 Å². The number of rotatable bonds is 9. The molecular weight excluding hydrogens is 352 g/mol. The molecule has 5 nitrogen and oxygen atoms in total. The first-order valence-electron chi connectivity index (χ1n) is 10.1. The fraction of sp³-hybridized carbons (Fsp3) is 0.435. The number of morpholine rings is 1. The van der Waals surface area contributed by atoms with Crippen LogP contribution in [0.3, 0.4) is 0 Å². The highest BCUT2D eigenvalue weighted by Gasteiger charge is 2.20. The van der Waals surface area contributed by atoms with Crippen LogP contribution in [0.4, 0.5) is 0 Å². The average Bonchev–Trinajstić information content (AvgIpc) is 2.74. The summed E-state index contributed by atoms with van der Waals surface area (Å²) in [6.07, 6.45) is 1.11. The Labute approximate surface area is 167 Å². The minimum atomic E-state index is -0.0195. The maximum Gasteiger partial charge on any atom is 0.220 e. The van der Waals surface area contributed by atoms with E-state index in [4.69, 9.17) is 9.47 Å². The lowest BCUT2D eigenvalue weighted by atomic mass is 10.0. The average molecular weight is 383 g/mol. The Morgan fingerprint density at radius 1 is 1.11 bits per heavy atom. The molecule has 2 aromatic carbocycles. The van der Waals surface area contributed by atoms with Crippen LogP contribution >= 0.6 is 0 Å². The molecule has 1 heterocycles. The van der Waals surface area contributed by atoms with Gasteiger partial charge in [-0.3, -0.25) is 9.69 Å². The third-order valence-corrected chi connectivity index (χ3v) is 4.98. The topological polar surface area (TPSA) is 50.8 Å². The number of carbonyl (C=O) groups is 1. The van der Waals surface area contributed by atoms with Crippen molar-refractivity contribution in [3.8, 4) is 5.75 Å². The lowest BCUT2D eigenvalue weighted by Gasteiger charge is -2.31. The van der Waals surface area contributed by atoms with Crippen LogP contribution in [0.2, 0.25) is 0 Å². The van der Waals surface area contributed by atoms with E-state index in [2.05, 4.69) is 22.3 Å². The molecule has 0 bridgehead atoms. The minimum Gasteiger partial charge on any atom is -0.494 e. The second kappa shape index (κ2) is 10.8. The molecule has 1 unspecified atom stereocenters. The molecule has 28 heavy (non-hydrogen) atoms. The van der Waals surface area contributed by atoms with Crippen molar-refractivity contribution in [3.63, 3.8) is 0 Å². The van der Waals surface area contributed by atoms with E-state index in [1.165, 1.54) is 0 Å². The van der Waals surface area contributed by atoms with Gasteiger partial charge in [0.1, 0.15) is 5.75 Å². The molecule has 150 valence electrons. The van der Waals surface area contributed by atoms with E-state index in [0.29, 0.717) is 19.4 Å². The van der Waals surface area contributed by atoms with Crippen molar-refractivity contribution in [1.29, 1.82) is 0 Å². The van der Waals surface area contributed by atoms with Gasteiger partial charge >= 0.3 is 0 Å². The number of carbonyl (C=O) groups excluding carboxylic acids is 1. The number of nitrogens with zero attached hydrogens (tertiary/aromatic N) is 1. The molecule has 0 saturated carbocycles. The fourth-order valence-electron chi connectivity index (χ4n) is 3.48. The van der Waals surface area contributed by atoms with Gasteiger partial charge in [-0.2, -0.15) is 0 Å². The van der Waals surface area contributed by atoms with Gasteiger partial charge in [-0.15, -0.1) is 0 Å². The first-order chi connectivity index (χ1) is 13.8. The number of para-hydroxylation sites is 1. The molecule has 1 saturated heterocycles. The van der Waals surface area contributed by atoms with Crippen molar-refractivity contribution in [2.24, 2.45) is 0 Å². The molecule has 1 fully saturated rings. The van der Waals surface area contributed by atoms with E-state index in [1.807, 2.05) is 49.4 Å². The molecule has 1 atom stereocenters. The molecule has 0 spiro atoms. The highest BCUT2D eigenvalue weighted by Crippen LogP contribution is 2.20. The number of ether oxygens (including phenoxy) is 2. The maximum absolute atomic E-state index is 12.7. The van der Waals surface area contributed by atoms with Crippen molar-refractivity contribution in [2.45, 2.75) is 25.8 Å². The van der Waals surface area contributed by atoms with Crippen LogP contribution in [0.25, 0.3) is 0 Å². The van der Waals surface area contributed by atoms with Crippen molar-refractivity contribution < 1.29 is 14.3 Å². The SMILES string of the molecule is CCOc1ccccc1CCC(=O)NC(CN1CCOCC1)c1ccccc1. The molecule has 1 aliphatic heterocycles. The predicted octanol–water partition coefficient (Wildman–Crippen LogP) is 3.21. The molecule has 2 aromatic rings.